The van der Waals surface area contributed by atoms with Gasteiger partial charge < -0.3 is 13.9 Å². The lowest BCUT2D eigenvalue weighted by Gasteiger charge is -2.36. The highest BCUT2D eigenvalue weighted by Crippen LogP contribution is 2.32. The Morgan fingerprint density at radius 3 is 2.96 bits per heavy atom. The third kappa shape index (κ3) is 3.87. The van der Waals surface area contributed by atoms with Gasteiger partial charge in [-0.1, -0.05) is 0 Å². The van der Waals surface area contributed by atoms with Gasteiger partial charge in [0.1, 0.15) is 5.76 Å². The lowest BCUT2D eigenvalue weighted by Crippen LogP contribution is -2.39. The molecule has 0 aromatic carbocycles. The summed E-state index contributed by atoms with van der Waals surface area (Å²) in [7, 11) is 0. The molecule has 4 rings (SSSR count). The molecule has 1 fully saturated rings. The highest BCUT2D eigenvalue weighted by Gasteiger charge is 2.32. The number of ether oxygens (including phenoxy) is 2. The summed E-state index contributed by atoms with van der Waals surface area (Å²) in [5.41, 5.74) is 2.71. The molecule has 0 amide bonds. The van der Waals surface area contributed by atoms with E-state index in [4.69, 9.17) is 19.0 Å². The number of hydrogen-bond acceptors (Lipinski definition) is 5. The third-order valence-corrected chi connectivity index (χ3v) is 5.58. The minimum atomic E-state index is 0.228. The minimum absolute atomic E-state index is 0.228. The molecule has 1 atom stereocenters. The lowest BCUT2D eigenvalue weighted by molar-refractivity contribution is 0.0430. The monoisotopic (exact) mass is 359 g/mol. The zero-order valence-electron chi connectivity index (χ0n) is 15.6. The van der Waals surface area contributed by atoms with Crippen LogP contribution in [0.4, 0.5) is 0 Å². The molecule has 2 aliphatic rings. The van der Waals surface area contributed by atoms with Crippen LogP contribution < -0.4 is 0 Å². The Labute approximate surface area is 155 Å². The molecule has 0 N–H and O–H groups in total. The Balaban J connectivity index is 1.56. The van der Waals surface area contributed by atoms with Crippen LogP contribution in [0.1, 0.15) is 42.8 Å². The van der Waals surface area contributed by atoms with Gasteiger partial charge in [-0.2, -0.15) is 5.10 Å². The van der Waals surface area contributed by atoms with Gasteiger partial charge in [-0.25, -0.2) is 0 Å². The maximum absolute atomic E-state index is 5.86. The normalized spacial score (nSPS) is 21.8. The number of rotatable bonds is 7. The van der Waals surface area contributed by atoms with Crippen LogP contribution in [0, 0.1) is 5.92 Å². The molecule has 0 saturated carbocycles. The van der Waals surface area contributed by atoms with Crippen LogP contribution in [0.2, 0.25) is 0 Å². The summed E-state index contributed by atoms with van der Waals surface area (Å²) >= 11 is 0. The molecule has 2 aromatic rings. The van der Waals surface area contributed by atoms with E-state index >= 15 is 0 Å². The molecule has 0 aliphatic carbocycles. The van der Waals surface area contributed by atoms with Crippen molar-refractivity contribution in [1.29, 1.82) is 0 Å². The maximum Gasteiger partial charge on any atom is 0.117 e. The van der Waals surface area contributed by atoms with E-state index in [1.807, 2.05) is 12.1 Å². The molecular weight excluding hydrogens is 330 g/mol. The zero-order chi connectivity index (χ0) is 17.8. The summed E-state index contributed by atoms with van der Waals surface area (Å²) in [6, 6.07) is 4.23. The Morgan fingerprint density at radius 2 is 2.19 bits per heavy atom. The average molecular weight is 359 g/mol. The summed E-state index contributed by atoms with van der Waals surface area (Å²) in [5, 5.41) is 4.75. The van der Waals surface area contributed by atoms with E-state index in [-0.39, 0.29) is 6.04 Å². The van der Waals surface area contributed by atoms with Crippen molar-refractivity contribution in [2.75, 3.05) is 33.0 Å². The fraction of sp³-hybridized carbons (Fsp3) is 0.650. The number of nitrogens with zero attached hydrogens (tertiary/aromatic N) is 3. The Bertz CT molecular complexity index is 677. The van der Waals surface area contributed by atoms with Gasteiger partial charge in [-0.05, 0) is 49.8 Å². The van der Waals surface area contributed by atoms with Crippen molar-refractivity contribution in [3.63, 3.8) is 0 Å². The van der Waals surface area contributed by atoms with E-state index in [1.165, 1.54) is 11.3 Å². The van der Waals surface area contributed by atoms with E-state index in [9.17, 15) is 0 Å². The Hall–Kier alpha value is -1.63. The Kier molecular flexibility index (Phi) is 5.72. The van der Waals surface area contributed by atoms with Gasteiger partial charge in [-0.3, -0.25) is 9.58 Å². The standard InChI is InChI=1S/C20H29N3O3/c1-2-24-15-19-20-17(5-8-22(19)14-18-4-3-9-26-18)12-21-23(20)13-16-6-10-25-11-7-16/h3-4,9,12,16,19H,2,5-8,10-11,13-15H2,1H3. The van der Waals surface area contributed by atoms with Gasteiger partial charge in [0.2, 0.25) is 0 Å². The van der Waals surface area contributed by atoms with Gasteiger partial charge in [-0.15, -0.1) is 0 Å². The Morgan fingerprint density at radius 1 is 1.31 bits per heavy atom. The van der Waals surface area contributed by atoms with Crippen molar-refractivity contribution in [2.45, 2.75) is 45.3 Å². The van der Waals surface area contributed by atoms with Crippen LogP contribution in [-0.4, -0.2) is 47.7 Å². The molecule has 0 bridgehead atoms. The summed E-state index contributed by atoms with van der Waals surface area (Å²) in [6.07, 6.45) is 7.10. The van der Waals surface area contributed by atoms with Crippen molar-refractivity contribution in [2.24, 2.45) is 5.92 Å². The number of hydrogen-bond donors (Lipinski definition) is 0. The lowest BCUT2D eigenvalue weighted by atomic mass is 9.97. The van der Waals surface area contributed by atoms with Crippen LogP contribution in [0.25, 0.3) is 0 Å². The SMILES string of the molecule is CCOCC1c2c(cnn2CC2CCOCC2)CCN1Cc1ccco1. The van der Waals surface area contributed by atoms with Gasteiger partial charge in [0.15, 0.2) is 0 Å². The maximum atomic E-state index is 5.86. The van der Waals surface area contributed by atoms with Crippen molar-refractivity contribution < 1.29 is 13.9 Å². The van der Waals surface area contributed by atoms with Crippen molar-refractivity contribution in [3.8, 4) is 0 Å². The molecule has 1 saturated heterocycles. The first-order chi connectivity index (χ1) is 12.8. The third-order valence-electron chi connectivity index (χ3n) is 5.58. The average Bonchev–Trinajstić information content (AvgIpc) is 3.32. The summed E-state index contributed by atoms with van der Waals surface area (Å²) in [6.45, 7) is 8.04. The predicted octanol–water partition coefficient (Wildman–Crippen LogP) is 3.04. The number of aromatic nitrogens is 2. The molecule has 0 spiro atoms. The van der Waals surface area contributed by atoms with Gasteiger partial charge in [0, 0.05) is 32.9 Å². The quantitative estimate of drug-likeness (QED) is 0.761. The molecule has 0 radical (unpaired) electrons. The van der Waals surface area contributed by atoms with Crippen molar-refractivity contribution in [3.05, 3.63) is 41.6 Å². The van der Waals surface area contributed by atoms with Crippen LogP contribution in [0.3, 0.4) is 0 Å². The predicted molar refractivity (Wildman–Crippen MR) is 97.8 cm³/mol. The molecule has 26 heavy (non-hydrogen) atoms. The van der Waals surface area contributed by atoms with Gasteiger partial charge >= 0.3 is 0 Å². The second-order valence-corrected chi connectivity index (χ2v) is 7.27. The first kappa shape index (κ1) is 17.8. The van der Waals surface area contributed by atoms with E-state index in [2.05, 4.69) is 22.7 Å². The van der Waals surface area contributed by atoms with E-state index < -0.39 is 0 Å². The molecule has 1 unspecified atom stereocenters. The van der Waals surface area contributed by atoms with E-state index in [1.54, 1.807) is 6.26 Å². The van der Waals surface area contributed by atoms with Crippen LogP contribution in [0.5, 0.6) is 0 Å². The summed E-state index contributed by atoms with van der Waals surface area (Å²) in [5.74, 6) is 1.66. The molecular formula is C20H29N3O3. The highest BCUT2D eigenvalue weighted by atomic mass is 16.5. The van der Waals surface area contributed by atoms with E-state index in [0.29, 0.717) is 12.5 Å². The van der Waals surface area contributed by atoms with Crippen LogP contribution in [-0.2, 0) is 29.0 Å². The molecule has 4 heterocycles. The van der Waals surface area contributed by atoms with Crippen LogP contribution in [0.15, 0.2) is 29.0 Å². The van der Waals surface area contributed by atoms with Gasteiger partial charge in [0.05, 0.1) is 37.3 Å². The van der Waals surface area contributed by atoms with Crippen LogP contribution >= 0.6 is 0 Å². The van der Waals surface area contributed by atoms with Crippen molar-refractivity contribution >= 4 is 0 Å². The first-order valence-corrected chi connectivity index (χ1v) is 9.81. The molecule has 142 valence electrons. The van der Waals surface area contributed by atoms with Crippen molar-refractivity contribution in [1.82, 2.24) is 14.7 Å². The fourth-order valence-electron chi connectivity index (χ4n) is 4.13. The molecule has 6 heteroatoms. The van der Waals surface area contributed by atoms with Gasteiger partial charge in [0.25, 0.3) is 0 Å². The second-order valence-electron chi connectivity index (χ2n) is 7.27. The highest BCUT2D eigenvalue weighted by molar-refractivity contribution is 5.25. The smallest absolute Gasteiger partial charge is 0.117 e. The first-order valence-electron chi connectivity index (χ1n) is 9.81. The minimum Gasteiger partial charge on any atom is -0.468 e. The second kappa shape index (κ2) is 8.37. The zero-order valence-corrected chi connectivity index (χ0v) is 15.6. The number of furan rings is 1. The molecule has 2 aliphatic heterocycles. The molecule has 6 nitrogen and oxygen atoms in total. The fourth-order valence-corrected chi connectivity index (χ4v) is 4.13. The summed E-state index contributed by atoms with van der Waals surface area (Å²) < 4.78 is 19.2. The number of fused-ring (bicyclic) bond motifs is 1. The largest absolute Gasteiger partial charge is 0.468 e. The summed E-state index contributed by atoms with van der Waals surface area (Å²) in [4.78, 5) is 2.47. The van der Waals surface area contributed by atoms with E-state index in [0.717, 1.165) is 64.5 Å². The molecule has 2 aromatic heterocycles. The topological polar surface area (TPSA) is 52.7 Å².